The number of allylic oxidation sites excluding steroid dienone is 1. The molecule has 1 aliphatic carbocycles. The van der Waals surface area contributed by atoms with Crippen LogP contribution in [0.3, 0.4) is 0 Å². The maximum absolute atomic E-state index is 13.9. The van der Waals surface area contributed by atoms with Crippen LogP contribution in [-0.4, -0.2) is 85.1 Å². The first-order valence-electron chi connectivity index (χ1n) is 20.5. The van der Waals surface area contributed by atoms with Gasteiger partial charge in [-0.25, -0.2) is 0 Å². The van der Waals surface area contributed by atoms with Crippen LogP contribution in [0.1, 0.15) is 55.5 Å². The number of nitro benzene ring substituents is 1. The zero-order chi connectivity index (χ0) is 42.9. The second-order valence-electron chi connectivity index (χ2n) is 17.0. The molecule has 13 nitrogen and oxygen atoms in total. The normalized spacial score (nSPS) is 20.0. The van der Waals surface area contributed by atoms with Crippen molar-refractivity contribution in [2.24, 2.45) is 11.3 Å². The molecule has 61 heavy (non-hydrogen) atoms. The van der Waals surface area contributed by atoms with Gasteiger partial charge in [-0.1, -0.05) is 43.2 Å². The molecule has 1 aromatic heterocycles. The zero-order valence-corrected chi connectivity index (χ0v) is 36.6. The lowest BCUT2D eigenvalue weighted by Crippen LogP contribution is -2.47. The van der Waals surface area contributed by atoms with Crippen LogP contribution in [0.15, 0.2) is 102 Å². The van der Waals surface area contributed by atoms with Gasteiger partial charge in [-0.05, 0) is 109 Å². The second kappa shape index (κ2) is 17.9. The van der Waals surface area contributed by atoms with E-state index in [9.17, 15) is 28.6 Å². The Labute approximate surface area is 365 Å². The number of piperazine rings is 1. The lowest BCUT2D eigenvalue weighted by atomic mass is 9.72. The van der Waals surface area contributed by atoms with Crippen LogP contribution in [0.5, 0.6) is 11.5 Å². The first kappa shape index (κ1) is 42.9. The zero-order valence-electron chi connectivity index (χ0n) is 34.2. The quantitative estimate of drug-likeness (QED) is 0.0434. The van der Waals surface area contributed by atoms with Crippen LogP contribution in [0.4, 0.5) is 17.1 Å². The second-order valence-corrected chi connectivity index (χ2v) is 21.0. The largest absolute Gasteiger partial charge is 0.588 e. The molecule has 2 fully saturated rings. The number of rotatable bonds is 13. The Morgan fingerprint density at radius 3 is 2.56 bits per heavy atom. The van der Waals surface area contributed by atoms with Crippen LogP contribution in [0.2, 0.25) is 5.02 Å². The Bertz CT molecular complexity index is 2450. The number of aromatic amines is 1. The molecule has 5 aromatic rings. The summed E-state index contributed by atoms with van der Waals surface area (Å²) in [5, 5.41) is 16.8. The third kappa shape index (κ3) is 10.3. The summed E-state index contributed by atoms with van der Waals surface area (Å²) >= 11 is 4.09. The number of ether oxygens (including phenoxy) is 1. The molecule has 0 spiro atoms. The molecule has 0 radical (unpaired) electrons. The molecular weight excluding hydrogens is 836 g/mol. The Kier molecular flexibility index (Phi) is 12.6. The van der Waals surface area contributed by atoms with E-state index in [2.05, 4.69) is 50.8 Å². The number of hydrogen-bond acceptors (Lipinski definition) is 10. The summed E-state index contributed by atoms with van der Waals surface area (Å²) < 4.78 is 42.5. The Morgan fingerprint density at radius 2 is 1.82 bits per heavy atom. The predicted molar refractivity (Wildman–Crippen MR) is 246 cm³/mol. The van der Waals surface area contributed by atoms with Gasteiger partial charge in [0.05, 0.1) is 16.6 Å². The summed E-state index contributed by atoms with van der Waals surface area (Å²) in [4.78, 5) is 33.4. The summed E-state index contributed by atoms with van der Waals surface area (Å²) in [7, 11) is -2.61. The van der Waals surface area contributed by atoms with Crippen LogP contribution >= 0.6 is 22.2 Å². The average Bonchev–Trinajstić information content (AvgIpc) is 3.86. The number of hydrogen-bond donors (Lipinski definition) is 5. The van der Waals surface area contributed by atoms with Crippen molar-refractivity contribution in [2.45, 2.75) is 44.4 Å². The van der Waals surface area contributed by atoms with Crippen LogP contribution in [0.25, 0.3) is 16.5 Å². The molecule has 1 amide bonds. The topological polar surface area (TPSA) is 179 Å². The number of nitrogens with one attached hydrogen (secondary N) is 3. The van der Waals surface area contributed by atoms with E-state index in [0.717, 1.165) is 73.6 Å². The number of carbonyl (C=O) groups excluding carboxylic acids is 1. The summed E-state index contributed by atoms with van der Waals surface area (Å²) in [6.45, 7) is 9.18. The van der Waals surface area contributed by atoms with Gasteiger partial charge in [-0.15, -0.1) is 0 Å². The monoisotopic (exact) mass is 886 g/mol. The fourth-order valence-corrected chi connectivity index (χ4v) is 11.4. The molecule has 8 rings (SSSR count). The highest BCUT2D eigenvalue weighted by Crippen LogP contribution is 2.48. The maximum atomic E-state index is 13.9. The molecule has 2 saturated heterocycles. The van der Waals surface area contributed by atoms with Crippen molar-refractivity contribution in [3.63, 3.8) is 0 Å². The number of H-pyrrole nitrogens is 1. The number of nitro groups is 1. The van der Waals surface area contributed by atoms with Crippen LogP contribution < -0.4 is 19.7 Å². The molecule has 5 N–H and O–H groups in total. The number of nitrogens with zero attached hydrogens (tertiary/aromatic N) is 3. The fourth-order valence-electron chi connectivity index (χ4n) is 8.54. The summed E-state index contributed by atoms with van der Waals surface area (Å²) in [5.74, 6) is 0.655. The highest BCUT2D eigenvalue weighted by molar-refractivity contribution is 8.24. The lowest BCUT2D eigenvalue weighted by molar-refractivity contribution is -0.384. The third-order valence-electron chi connectivity index (χ3n) is 12.0. The molecule has 2 atom stereocenters. The van der Waals surface area contributed by atoms with Gasteiger partial charge in [-0.3, -0.25) is 28.9 Å². The van der Waals surface area contributed by atoms with Gasteiger partial charge in [0.15, 0.2) is 4.90 Å². The molecule has 3 heterocycles. The van der Waals surface area contributed by atoms with Crippen LogP contribution in [0, 0.1) is 21.4 Å². The first-order valence-corrected chi connectivity index (χ1v) is 23.9. The number of aromatic nitrogens is 1. The molecule has 3 aliphatic rings. The third-order valence-corrected chi connectivity index (χ3v) is 15.2. The van der Waals surface area contributed by atoms with Gasteiger partial charge in [0.25, 0.3) is 11.6 Å². The van der Waals surface area contributed by atoms with E-state index in [1.54, 1.807) is 6.07 Å². The Morgan fingerprint density at radius 1 is 1.03 bits per heavy atom. The van der Waals surface area contributed by atoms with E-state index in [1.807, 2.05) is 54.7 Å². The SMILES string of the molecule is CC1(C)CCC(CN2CCN(c3ccc(C(=O)N[S+]([O-])c4ccc(NCC5CCS(O)(O)C5)c([N+](=O)[O-])c4)c(Oc4ccc5[nH]ccc5c4)c3)CC2)=C(c2ccc(Cl)cc2)C1. The predicted octanol–water partition coefficient (Wildman–Crippen LogP) is 9.94. The van der Waals surface area contributed by atoms with Crippen molar-refractivity contribution in [3.05, 3.63) is 123 Å². The lowest BCUT2D eigenvalue weighted by Gasteiger charge is -2.39. The van der Waals surface area contributed by atoms with Crippen molar-refractivity contribution in [3.8, 4) is 11.5 Å². The van der Waals surface area contributed by atoms with Crippen molar-refractivity contribution in [1.29, 1.82) is 0 Å². The molecule has 16 heteroatoms. The first-order chi connectivity index (χ1) is 29.2. The summed E-state index contributed by atoms with van der Waals surface area (Å²) in [6.07, 6.45) is 5.69. The smallest absolute Gasteiger partial charge is 0.297 e. The van der Waals surface area contributed by atoms with Gasteiger partial charge in [0.2, 0.25) is 0 Å². The van der Waals surface area contributed by atoms with Crippen molar-refractivity contribution in [1.82, 2.24) is 14.6 Å². The van der Waals surface area contributed by atoms with Crippen molar-refractivity contribution in [2.75, 3.05) is 61.0 Å². The number of carbonyl (C=O) groups is 1. The van der Waals surface area contributed by atoms with Gasteiger partial charge >= 0.3 is 0 Å². The molecule has 0 saturated carbocycles. The Balaban J connectivity index is 0.981. The number of anilines is 2. The molecular formula is C45H51ClN6O7S2. The fraction of sp³-hybridized carbons (Fsp3) is 0.356. The minimum Gasteiger partial charge on any atom is -0.588 e. The minimum atomic E-state index is -2.61. The molecule has 2 aliphatic heterocycles. The summed E-state index contributed by atoms with van der Waals surface area (Å²) in [6, 6.07) is 25.2. The number of amides is 1. The van der Waals surface area contributed by atoms with E-state index in [-0.39, 0.29) is 44.7 Å². The maximum Gasteiger partial charge on any atom is 0.297 e. The van der Waals surface area contributed by atoms with E-state index >= 15 is 0 Å². The van der Waals surface area contributed by atoms with Crippen LogP contribution in [-0.2, 0) is 11.4 Å². The average molecular weight is 888 g/mol. The van der Waals surface area contributed by atoms with E-state index in [4.69, 9.17) is 16.3 Å². The van der Waals surface area contributed by atoms with Gasteiger partial charge < -0.3 is 24.5 Å². The summed E-state index contributed by atoms with van der Waals surface area (Å²) in [5.41, 5.74) is 6.28. The number of fused-ring (bicyclic) bond motifs is 1. The number of benzene rings is 4. The van der Waals surface area contributed by atoms with E-state index in [0.29, 0.717) is 24.5 Å². The minimum absolute atomic E-state index is 0.0398. The molecule has 322 valence electrons. The van der Waals surface area contributed by atoms with E-state index < -0.39 is 32.8 Å². The highest BCUT2D eigenvalue weighted by Gasteiger charge is 2.32. The molecule has 0 bridgehead atoms. The van der Waals surface area contributed by atoms with E-state index in [1.165, 1.54) is 34.9 Å². The molecule has 2 unspecified atom stereocenters. The molecule has 4 aromatic carbocycles. The van der Waals surface area contributed by atoms with Gasteiger partial charge in [0, 0.05) is 84.7 Å². The standard InChI is InChI=1S/C45H51ClN6O7S2/c1-45(2)16-13-33(39(26-45)31-3-5-34(46)6-4-31)28-50-18-20-51(21-19-50)35-7-10-38(43(24-35)59-36-8-11-40-32(23-36)14-17-47-40)44(53)49-60(56)37-9-12-41(42(25-37)52(54)55)48-27-30-15-22-61(57,58)29-30/h3-12,14,17,23-25,30,47-48,57-58H,13,15-16,18-22,26-29H2,1-2H3,(H,49,53). The highest BCUT2D eigenvalue weighted by atomic mass is 35.5. The van der Waals surface area contributed by atoms with Crippen molar-refractivity contribution >= 4 is 73.0 Å². The van der Waals surface area contributed by atoms with Crippen molar-refractivity contribution < 1.29 is 28.1 Å². The van der Waals surface area contributed by atoms with Gasteiger partial charge in [0.1, 0.15) is 28.5 Å². The van der Waals surface area contributed by atoms with Gasteiger partial charge in [-0.2, -0.15) is 15.3 Å². The Hall–Kier alpha value is -4.74. The number of halogens is 1.